The van der Waals surface area contributed by atoms with Gasteiger partial charge in [0.2, 0.25) is 11.2 Å². The molecule has 26 nitrogen and oxygen atoms in total. The first-order valence-corrected chi connectivity index (χ1v) is 30.9. The number of carbonyl (C=O) groups is 6. The van der Waals surface area contributed by atoms with Crippen LogP contribution < -0.4 is 32.3 Å². The van der Waals surface area contributed by atoms with Crippen LogP contribution in [0, 0.1) is 13.8 Å². The Bertz CT molecular complexity index is 3870. The molecule has 0 saturated heterocycles. The summed E-state index contributed by atoms with van der Waals surface area (Å²) in [6.07, 6.45) is 11.1. The number of carboxylic acids is 1. The molecule has 0 saturated carbocycles. The van der Waals surface area contributed by atoms with E-state index in [1.807, 2.05) is 56.3 Å². The van der Waals surface area contributed by atoms with Gasteiger partial charge in [-0.2, -0.15) is 10.2 Å². The molecular weight excluding hydrogens is 1240 g/mol. The van der Waals surface area contributed by atoms with E-state index >= 15 is 0 Å². The summed E-state index contributed by atoms with van der Waals surface area (Å²) < 4.78 is 17.7. The molecular formula is C63H79ClN16O10S2. The van der Waals surface area contributed by atoms with E-state index in [0.717, 1.165) is 49.1 Å². The van der Waals surface area contributed by atoms with Crippen LogP contribution in [0.3, 0.4) is 0 Å². The number of thiazole rings is 2. The Morgan fingerprint density at radius 2 is 1.09 bits per heavy atom. The Hall–Kier alpha value is -9.41. The van der Waals surface area contributed by atoms with Crippen molar-refractivity contribution in [2.45, 2.75) is 157 Å². The Morgan fingerprint density at radius 3 is 1.52 bits per heavy atom. The highest BCUT2D eigenvalue weighted by molar-refractivity contribution is 7.14. The molecule has 29 heteroatoms. The van der Waals surface area contributed by atoms with E-state index in [1.54, 1.807) is 84.8 Å². The van der Waals surface area contributed by atoms with Gasteiger partial charge in [0.15, 0.2) is 0 Å². The zero-order valence-electron chi connectivity index (χ0n) is 54.1. The number of aryl methyl sites for hydroxylation is 2. The second-order valence-corrected chi connectivity index (χ2v) is 27.4. The summed E-state index contributed by atoms with van der Waals surface area (Å²) in [5.74, 6) is -1.75. The monoisotopic (exact) mass is 1320 g/mol. The number of nitrogen functional groups attached to an aromatic ring is 1. The molecule has 0 fully saturated rings. The number of rotatable bonds is 18. The normalized spacial score (nSPS) is 12.1. The Balaban J connectivity index is 0.000000242. The third-order valence-electron chi connectivity index (χ3n) is 12.6. The Morgan fingerprint density at radius 1 is 0.620 bits per heavy atom. The maximum atomic E-state index is 12.7. The fourth-order valence-corrected chi connectivity index (χ4v) is 10.0. The molecule has 8 rings (SSSR count). The molecule has 6 heterocycles. The van der Waals surface area contributed by atoms with Gasteiger partial charge >= 0.3 is 24.1 Å². The number of nitrogens with one attached hydrogen (secondary N) is 5. The van der Waals surface area contributed by atoms with Crippen LogP contribution in [-0.4, -0.2) is 121 Å². The first-order valence-electron chi connectivity index (χ1n) is 28.9. The van der Waals surface area contributed by atoms with Crippen molar-refractivity contribution in [2.75, 3.05) is 18.2 Å². The van der Waals surface area contributed by atoms with Crippen molar-refractivity contribution in [3.8, 4) is 22.5 Å². The van der Waals surface area contributed by atoms with Gasteiger partial charge in [0.1, 0.15) is 33.0 Å². The van der Waals surface area contributed by atoms with Crippen LogP contribution in [-0.2, 0) is 60.8 Å². The zero-order chi connectivity index (χ0) is 67.9. The number of hydrogen-bond acceptors (Lipinski definition) is 21. The highest BCUT2D eigenvalue weighted by atomic mass is 35.5. The average molecular weight is 1320 g/mol. The van der Waals surface area contributed by atoms with Crippen LogP contribution in [0.5, 0.6) is 0 Å². The molecule has 0 unspecified atom stereocenters. The van der Waals surface area contributed by atoms with Crippen LogP contribution in [0.2, 0.25) is 5.28 Å². The van der Waals surface area contributed by atoms with Gasteiger partial charge in [-0.3, -0.25) is 19.0 Å². The third kappa shape index (κ3) is 22.5. The van der Waals surface area contributed by atoms with E-state index in [9.17, 15) is 33.9 Å². The zero-order valence-corrected chi connectivity index (χ0v) is 56.5. The molecule has 0 aliphatic heterocycles. The SMILES string of the molecule is COC(=O)[C@H](Cn1cc(N)cn1)NC(=O)OC(C)(C)C.Cc1cc(-c2ccnc(Cl)n2)ccc1CNC(=O)c1cnc(C(C)(C)C)s1.Cc1cc(-c2ccnc(Nc3cnn(C[C@H](NC(=O)OC(C)(C)C)C(=O)O)c3)n2)ccc1CNC(=O)c1cnc(C(C)(C)C)s1. The highest BCUT2D eigenvalue weighted by Gasteiger charge is 2.28. The lowest BCUT2D eigenvalue weighted by molar-refractivity contribution is -0.143. The van der Waals surface area contributed by atoms with Gasteiger partial charge in [-0.25, -0.2) is 49.1 Å². The minimum absolute atomic E-state index is 0.0560. The maximum absolute atomic E-state index is 12.7. The summed E-state index contributed by atoms with van der Waals surface area (Å²) in [6, 6.07) is 13.3. The number of carbonyl (C=O) groups excluding carboxylic acids is 5. The van der Waals surface area contributed by atoms with Gasteiger partial charge in [0, 0.05) is 59.8 Å². The van der Waals surface area contributed by atoms with Gasteiger partial charge in [-0.05, 0) is 114 Å². The quantitative estimate of drug-likeness (QED) is 0.0238. The molecule has 8 N–H and O–H groups in total. The van der Waals surface area contributed by atoms with Crippen molar-refractivity contribution < 1.29 is 48.1 Å². The van der Waals surface area contributed by atoms with Crippen LogP contribution in [0.1, 0.15) is 135 Å². The largest absolute Gasteiger partial charge is 0.480 e. The number of nitrogens with two attached hydrogens (primary N) is 1. The van der Waals surface area contributed by atoms with Crippen LogP contribution in [0.4, 0.5) is 26.9 Å². The fourth-order valence-electron chi connectivity index (χ4n) is 8.08. The fraction of sp³-hybridized carbons (Fsp3) is 0.397. The molecule has 0 spiro atoms. The molecule has 0 aliphatic rings. The first-order chi connectivity index (χ1) is 43.0. The smallest absolute Gasteiger partial charge is 0.408 e. The molecule has 4 amide bonds. The molecule has 8 aromatic rings. The van der Waals surface area contributed by atoms with Crippen molar-refractivity contribution in [3.63, 3.8) is 0 Å². The lowest BCUT2D eigenvalue weighted by Gasteiger charge is -2.22. The number of anilines is 3. The van der Waals surface area contributed by atoms with Gasteiger partial charge in [-0.1, -0.05) is 65.8 Å². The van der Waals surface area contributed by atoms with Crippen molar-refractivity contribution in [3.05, 3.63) is 145 Å². The van der Waals surface area contributed by atoms with Gasteiger partial charge in [-0.15, -0.1) is 22.7 Å². The number of ether oxygens (including phenoxy) is 3. The number of benzene rings is 2. The lowest BCUT2D eigenvalue weighted by atomic mass is 9.98. The number of amides is 4. The molecule has 0 aliphatic carbocycles. The number of halogens is 1. The summed E-state index contributed by atoms with van der Waals surface area (Å²) in [5.41, 5.74) is 12.3. The van der Waals surface area contributed by atoms with E-state index in [1.165, 1.54) is 51.5 Å². The van der Waals surface area contributed by atoms with Crippen molar-refractivity contribution in [1.29, 1.82) is 0 Å². The van der Waals surface area contributed by atoms with Gasteiger partial charge < -0.3 is 51.6 Å². The van der Waals surface area contributed by atoms with Crippen LogP contribution >= 0.6 is 34.3 Å². The summed E-state index contributed by atoms with van der Waals surface area (Å²) in [4.78, 5) is 99.3. The highest BCUT2D eigenvalue weighted by Crippen LogP contribution is 2.29. The number of carboxylic acid groups (broad SMARTS) is 1. The summed E-state index contributed by atoms with van der Waals surface area (Å²) in [6.45, 7) is 27.5. The summed E-state index contributed by atoms with van der Waals surface area (Å²) in [5, 5.41) is 33.6. The number of nitrogens with zero attached hydrogens (tertiary/aromatic N) is 10. The first kappa shape index (κ1) is 71.7. The van der Waals surface area contributed by atoms with E-state index in [0.29, 0.717) is 45.9 Å². The lowest BCUT2D eigenvalue weighted by Crippen LogP contribution is -2.46. The maximum Gasteiger partial charge on any atom is 0.408 e. The molecule has 92 heavy (non-hydrogen) atoms. The number of aromatic nitrogens is 10. The summed E-state index contributed by atoms with van der Waals surface area (Å²) >= 11 is 8.71. The van der Waals surface area contributed by atoms with Gasteiger partial charge in [0.05, 0.1) is 77.8 Å². The molecule has 6 aromatic heterocycles. The molecule has 0 bridgehead atoms. The summed E-state index contributed by atoms with van der Waals surface area (Å²) in [7, 11) is 1.24. The van der Waals surface area contributed by atoms with Crippen molar-refractivity contribution in [1.82, 2.24) is 70.7 Å². The molecule has 2 aromatic carbocycles. The minimum atomic E-state index is -1.25. The van der Waals surface area contributed by atoms with Gasteiger partial charge in [0.25, 0.3) is 11.8 Å². The standard InChI is InChI=1S/C31H38N8O5S.C20H21ClN4OS.C12H20N4O4/c1-18-12-19(8-9-20(18)13-33-25(40)24-15-34-27(45-24)30(2,3)4)22-10-11-32-28(37-22)36-21-14-35-39(16-21)17-23(26(41)42)38-29(43)44-31(5,6)7;1-12-9-13(15-7-8-22-19(21)25-15)5-6-14(12)10-23-17(26)16-11-24-18(27-16)20(2,3)4;1-12(2,3)20-11(18)15-9(10(17)19-4)7-16-6-8(13)5-14-16/h8-12,14-16,23H,13,17H2,1-7H3,(H,33,40)(H,38,43)(H,41,42)(H,32,36,37);5-9,11H,10H2,1-4H3,(H,23,26);5-6,9H,7,13H2,1-4H3,(H,15,18)/t23-;;9-/m0.0/s1. The van der Waals surface area contributed by atoms with E-state index in [-0.39, 0.29) is 41.0 Å². The molecule has 2 atom stereocenters. The second-order valence-electron chi connectivity index (χ2n) is 25.0. The van der Waals surface area contributed by atoms with Crippen molar-refractivity contribution in [2.24, 2.45) is 0 Å². The van der Waals surface area contributed by atoms with E-state index in [4.69, 9.17) is 26.8 Å². The van der Waals surface area contributed by atoms with Crippen molar-refractivity contribution >= 4 is 87.5 Å². The number of methoxy groups -OCH3 is 1. The number of aliphatic carboxylic acids is 1. The molecule has 490 valence electrons. The minimum Gasteiger partial charge on any atom is -0.480 e. The molecule has 0 radical (unpaired) electrons. The number of alkyl carbamates (subject to hydrolysis) is 2. The Kier molecular flexibility index (Phi) is 24.2. The van der Waals surface area contributed by atoms with Crippen LogP contribution in [0.25, 0.3) is 22.5 Å². The van der Waals surface area contributed by atoms with Crippen LogP contribution in [0.15, 0.2) is 98.1 Å². The van der Waals surface area contributed by atoms with E-state index in [2.05, 4.69) is 113 Å². The predicted octanol–water partition coefficient (Wildman–Crippen LogP) is 10.4. The average Bonchev–Trinajstić information content (AvgIpc) is 1.16. The number of hydrogen-bond donors (Lipinski definition) is 7. The second kappa shape index (κ2) is 31.1. The predicted molar refractivity (Wildman–Crippen MR) is 352 cm³/mol. The topological polar surface area (TPSA) is 349 Å². The number of esters is 1. The third-order valence-corrected chi connectivity index (χ3v) is 15.7. The Labute approximate surface area is 546 Å². The van der Waals surface area contributed by atoms with E-state index < -0.39 is 47.4 Å².